The Kier molecular flexibility index (Phi) is 13.9. The van der Waals surface area contributed by atoms with E-state index in [0.717, 1.165) is 39.9 Å². The van der Waals surface area contributed by atoms with Crippen LogP contribution in [0.3, 0.4) is 0 Å². The Hall–Kier alpha value is -2.77. The van der Waals surface area contributed by atoms with Crippen molar-refractivity contribution in [2.45, 2.75) is 0 Å². The molecule has 4 radical (unpaired) electrons. The molecule has 4 aromatic carbocycles. The summed E-state index contributed by atoms with van der Waals surface area (Å²) in [7, 11) is 0. The average Bonchev–Trinajstić information content (AvgIpc) is 3.07. The third-order valence-electron chi connectivity index (χ3n) is 6.38. The van der Waals surface area contributed by atoms with Crippen LogP contribution in [0, 0.1) is 0 Å². The predicted octanol–water partition coefficient (Wildman–Crippen LogP) is 4.11. The van der Waals surface area contributed by atoms with Crippen molar-refractivity contribution in [3.8, 4) is 0 Å². The Bertz CT molecular complexity index is 1830. The van der Waals surface area contributed by atoms with Crippen LogP contribution in [0.2, 0.25) is 0 Å². The van der Waals surface area contributed by atoms with Crippen LogP contribution in [0.1, 0.15) is 0 Å². The zero-order valence-electron chi connectivity index (χ0n) is 23.6. The molecule has 9 heteroatoms. The number of pyridine rings is 4. The van der Waals surface area contributed by atoms with E-state index in [1.807, 2.05) is 97.6 Å². The van der Waals surface area contributed by atoms with Gasteiger partial charge in [0.05, 0.1) is 0 Å². The summed E-state index contributed by atoms with van der Waals surface area (Å²) < 4.78 is 4.46. The first-order valence-electron chi connectivity index (χ1n) is 13.5. The number of rotatable bonds is 0. The molecule has 0 aliphatic rings. The van der Waals surface area contributed by atoms with Gasteiger partial charge in [-0.05, 0) is 0 Å². The third-order valence-corrected chi connectivity index (χ3v) is 9.15. The van der Waals surface area contributed by atoms with Gasteiger partial charge in [-0.25, -0.2) is 0 Å². The Morgan fingerprint density at radius 3 is 0.689 bits per heavy atom. The van der Waals surface area contributed by atoms with Crippen LogP contribution >= 0.6 is 0 Å². The topological polar surface area (TPSA) is 51.6 Å². The Morgan fingerprint density at radius 2 is 0.489 bits per heavy atom. The summed E-state index contributed by atoms with van der Waals surface area (Å²) in [6.07, 6.45) is 7.23. The SMILES string of the molecule is [Os].[Se]c1cccc2cccnc12.[Se]c1cccc2cccnc12.[Se]c1cccc2cccnc12.[Se]c1cccc2cccnc12. The number of nitrogens with zero attached hydrogens (tertiary/aromatic N) is 4. The molecule has 4 nitrogen and oxygen atoms in total. The summed E-state index contributed by atoms with van der Waals surface area (Å²) in [5, 5.41) is 4.74. The molecule has 0 saturated carbocycles. The number of benzene rings is 4. The zero-order valence-corrected chi connectivity index (χ0v) is 33.0. The van der Waals surface area contributed by atoms with Crippen molar-refractivity contribution in [1.29, 1.82) is 0 Å². The van der Waals surface area contributed by atoms with Gasteiger partial charge in [-0.2, -0.15) is 0 Å². The molecular weight excluding hydrogens is 994 g/mol. The van der Waals surface area contributed by atoms with E-state index < -0.39 is 0 Å². The number of fused-ring (bicyclic) bond motifs is 4. The zero-order chi connectivity index (χ0) is 30.7. The number of aromatic nitrogens is 4. The van der Waals surface area contributed by atoms with E-state index >= 15 is 0 Å². The molecule has 0 amide bonds. The molecule has 4 heterocycles. The van der Waals surface area contributed by atoms with Gasteiger partial charge in [0.15, 0.2) is 0 Å². The monoisotopic (exact) mass is 1020 g/mol. The van der Waals surface area contributed by atoms with Crippen LogP contribution in [0.15, 0.2) is 146 Å². The summed E-state index contributed by atoms with van der Waals surface area (Å²) in [4.78, 5) is 17.0. The quantitative estimate of drug-likeness (QED) is 0.215. The van der Waals surface area contributed by atoms with Crippen LogP contribution in [0.4, 0.5) is 0 Å². The van der Waals surface area contributed by atoms with Crippen LogP contribution in [0.5, 0.6) is 0 Å². The first kappa shape index (κ1) is 35.1. The summed E-state index contributed by atoms with van der Waals surface area (Å²) in [6.45, 7) is 0. The molecule has 0 N–H and O–H groups in total. The van der Waals surface area contributed by atoms with Gasteiger partial charge in [0, 0.05) is 19.8 Å². The Morgan fingerprint density at radius 1 is 0.289 bits per heavy atom. The molecule has 8 rings (SSSR count). The summed E-state index contributed by atoms with van der Waals surface area (Å²) in [5.74, 6) is 0. The number of para-hydroxylation sites is 4. The molecule has 0 bridgehead atoms. The van der Waals surface area contributed by atoms with E-state index in [1.54, 1.807) is 0 Å². The molecule has 0 unspecified atom stereocenters. The standard InChI is InChI=1S/4C9H6NSe.Os/c4*11-8-5-1-3-7-4-2-6-10-9(7)8;/h4*1-6H;. The predicted molar refractivity (Wildman–Crippen MR) is 189 cm³/mol. The van der Waals surface area contributed by atoms with Crippen molar-refractivity contribution in [3.05, 3.63) is 146 Å². The third kappa shape index (κ3) is 9.62. The van der Waals surface area contributed by atoms with Crippen LogP contribution in [-0.2, 0) is 19.8 Å². The summed E-state index contributed by atoms with van der Waals surface area (Å²) >= 11 is 11.9. The molecule has 0 fully saturated rings. The molecule has 8 aromatic rings. The van der Waals surface area contributed by atoms with E-state index in [9.17, 15) is 0 Å². The van der Waals surface area contributed by atoms with Gasteiger partial charge >= 0.3 is 292 Å². The molecule has 4 aromatic heterocycles. The summed E-state index contributed by atoms with van der Waals surface area (Å²) in [6, 6.07) is 40.4. The normalized spacial score (nSPS) is 9.96. The molecule has 0 spiro atoms. The molecular formula is C36H24N4OsSe4. The van der Waals surface area contributed by atoms with Crippen molar-refractivity contribution < 1.29 is 19.8 Å². The molecule has 220 valence electrons. The molecule has 0 aliphatic carbocycles. The van der Waals surface area contributed by atoms with Gasteiger partial charge in [-0.3, -0.25) is 0 Å². The maximum atomic E-state index is 4.25. The molecule has 0 atom stereocenters. The van der Waals surface area contributed by atoms with Gasteiger partial charge in [0.25, 0.3) is 0 Å². The number of hydrogen-bond donors (Lipinski definition) is 0. The first-order chi connectivity index (χ1) is 21.5. The number of hydrogen-bond acceptors (Lipinski definition) is 4. The molecule has 45 heavy (non-hydrogen) atoms. The fourth-order valence-electron chi connectivity index (χ4n) is 4.30. The second-order valence-electron chi connectivity index (χ2n) is 9.33. The fraction of sp³-hybridized carbons (Fsp3) is 0. The van der Waals surface area contributed by atoms with Crippen molar-refractivity contribution in [2.75, 3.05) is 0 Å². The van der Waals surface area contributed by atoms with Gasteiger partial charge < -0.3 is 0 Å². The maximum absolute atomic E-state index is 4.25. The van der Waals surface area contributed by atoms with E-state index in [2.05, 4.69) is 133 Å². The van der Waals surface area contributed by atoms with E-state index in [1.165, 1.54) is 21.5 Å². The van der Waals surface area contributed by atoms with E-state index in [0.29, 0.717) is 0 Å². The van der Waals surface area contributed by atoms with Crippen LogP contribution in [0.25, 0.3) is 43.6 Å². The van der Waals surface area contributed by atoms with Crippen LogP contribution < -0.4 is 17.8 Å². The molecule has 0 aliphatic heterocycles. The van der Waals surface area contributed by atoms with Crippen molar-refractivity contribution in [1.82, 2.24) is 19.9 Å². The fourth-order valence-corrected chi connectivity index (χ4v) is 6.40. The average molecular weight is 1020 g/mol. The van der Waals surface area contributed by atoms with Gasteiger partial charge in [0.1, 0.15) is 0 Å². The van der Waals surface area contributed by atoms with Crippen molar-refractivity contribution in [3.63, 3.8) is 0 Å². The van der Waals surface area contributed by atoms with Crippen molar-refractivity contribution >= 4 is 126 Å². The first-order valence-corrected chi connectivity index (χ1v) is 17.0. The van der Waals surface area contributed by atoms with Gasteiger partial charge in [0.2, 0.25) is 0 Å². The van der Waals surface area contributed by atoms with Gasteiger partial charge in [-0.15, -0.1) is 0 Å². The van der Waals surface area contributed by atoms with Gasteiger partial charge in [-0.1, -0.05) is 0 Å². The minimum atomic E-state index is 0. The Balaban J connectivity index is 0.000000136. The second-order valence-corrected chi connectivity index (χ2v) is 13.0. The molecule has 0 saturated heterocycles. The minimum absolute atomic E-state index is 0. The van der Waals surface area contributed by atoms with Crippen LogP contribution in [-0.4, -0.2) is 84.0 Å². The second kappa shape index (κ2) is 17.8. The van der Waals surface area contributed by atoms with E-state index in [4.69, 9.17) is 0 Å². The van der Waals surface area contributed by atoms with Crippen molar-refractivity contribution in [2.24, 2.45) is 0 Å². The summed E-state index contributed by atoms with van der Waals surface area (Å²) in [5.41, 5.74) is 4.20. The Labute approximate surface area is 308 Å². The van der Waals surface area contributed by atoms with E-state index in [-0.39, 0.29) is 19.8 Å².